The molecule has 0 aromatic heterocycles. The summed E-state index contributed by atoms with van der Waals surface area (Å²) in [4.78, 5) is 11.9. The average molecular weight is 302 g/mol. The van der Waals surface area contributed by atoms with E-state index in [1.54, 1.807) is 6.92 Å². The number of esters is 1. The van der Waals surface area contributed by atoms with Gasteiger partial charge in [-0.2, -0.15) is 0 Å². The van der Waals surface area contributed by atoms with Crippen molar-refractivity contribution >= 4 is 5.97 Å². The molecule has 0 amide bonds. The molecule has 6 nitrogen and oxygen atoms in total. The van der Waals surface area contributed by atoms with Crippen molar-refractivity contribution in [2.24, 2.45) is 0 Å². The molecule has 21 heavy (non-hydrogen) atoms. The number of carbonyl (C=O) groups is 1. The number of unbranched alkanes of at least 4 members (excludes halogenated alkanes) is 1. The predicted molar refractivity (Wildman–Crippen MR) is 74.9 cm³/mol. The topological polar surface area (TPSA) is 74.2 Å². The minimum atomic E-state index is -1.46. The zero-order valence-electron chi connectivity index (χ0n) is 13.0. The van der Waals surface area contributed by atoms with Gasteiger partial charge in [0.2, 0.25) is 0 Å². The lowest BCUT2D eigenvalue weighted by Gasteiger charge is -2.23. The van der Waals surface area contributed by atoms with Gasteiger partial charge in [-0.1, -0.05) is 20.3 Å². The van der Waals surface area contributed by atoms with Gasteiger partial charge in [-0.05, 0) is 19.8 Å². The Bertz CT molecular complexity index is 356. The summed E-state index contributed by atoms with van der Waals surface area (Å²) in [7, 11) is 0. The zero-order chi connectivity index (χ0) is 15.5. The van der Waals surface area contributed by atoms with E-state index in [1.807, 2.05) is 0 Å². The lowest BCUT2D eigenvalue weighted by molar-refractivity contribution is -0.174. The smallest absolute Gasteiger partial charge is 0.338 e. The maximum Gasteiger partial charge on any atom is 0.338 e. The quantitative estimate of drug-likeness (QED) is 0.559. The molecule has 0 saturated carbocycles. The highest BCUT2D eigenvalue weighted by Gasteiger charge is 2.50. The number of aliphatic hydroxyl groups is 1. The second kappa shape index (κ2) is 7.05. The summed E-state index contributed by atoms with van der Waals surface area (Å²) < 4.78 is 22.5. The van der Waals surface area contributed by atoms with Gasteiger partial charge in [0.1, 0.15) is 18.3 Å². The minimum absolute atomic E-state index is 0.100. The van der Waals surface area contributed by atoms with Crippen LogP contribution in [0.15, 0.2) is 0 Å². The lowest BCUT2D eigenvalue weighted by Crippen LogP contribution is -2.42. The Labute approximate surface area is 125 Å². The standard InChI is InChI=1S/C15H26O6/c1-4-6-7-18-10-8-19-13-11(9-20-12(10)13)21-14(16)15(3,17)5-2/h10-13,17H,4-9H2,1-3H3. The molecule has 122 valence electrons. The Hall–Kier alpha value is -0.690. The first-order valence-corrected chi connectivity index (χ1v) is 7.77. The third-order valence-corrected chi connectivity index (χ3v) is 4.18. The summed E-state index contributed by atoms with van der Waals surface area (Å²) in [5, 5.41) is 9.91. The lowest BCUT2D eigenvalue weighted by atomic mass is 10.0. The van der Waals surface area contributed by atoms with Gasteiger partial charge in [0.25, 0.3) is 0 Å². The van der Waals surface area contributed by atoms with Crippen LogP contribution in [0.2, 0.25) is 0 Å². The van der Waals surface area contributed by atoms with E-state index in [4.69, 9.17) is 18.9 Å². The third-order valence-electron chi connectivity index (χ3n) is 4.18. The molecule has 2 aliphatic rings. The van der Waals surface area contributed by atoms with Gasteiger partial charge in [0.05, 0.1) is 13.2 Å². The Morgan fingerprint density at radius 1 is 1.24 bits per heavy atom. The Morgan fingerprint density at radius 2 is 1.86 bits per heavy atom. The van der Waals surface area contributed by atoms with Crippen molar-refractivity contribution in [2.45, 2.75) is 70.1 Å². The molecule has 0 aromatic carbocycles. The van der Waals surface area contributed by atoms with Crippen molar-refractivity contribution in [1.29, 1.82) is 0 Å². The molecule has 6 heteroatoms. The summed E-state index contributed by atoms with van der Waals surface area (Å²) in [6, 6.07) is 0. The van der Waals surface area contributed by atoms with Gasteiger partial charge < -0.3 is 24.1 Å². The molecular weight excluding hydrogens is 276 g/mol. The molecule has 0 aromatic rings. The van der Waals surface area contributed by atoms with Crippen LogP contribution in [0.25, 0.3) is 0 Å². The van der Waals surface area contributed by atoms with Crippen LogP contribution in [-0.2, 0) is 23.7 Å². The van der Waals surface area contributed by atoms with Crippen molar-refractivity contribution in [3.05, 3.63) is 0 Å². The molecule has 2 rings (SSSR count). The van der Waals surface area contributed by atoms with Gasteiger partial charge in [-0.15, -0.1) is 0 Å². The molecule has 2 fully saturated rings. The van der Waals surface area contributed by atoms with Crippen molar-refractivity contribution in [1.82, 2.24) is 0 Å². The molecule has 0 aliphatic carbocycles. The fraction of sp³-hybridized carbons (Fsp3) is 0.933. The molecule has 0 radical (unpaired) electrons. The van der Waals surface area contributed by atoms with Crippen LogP contribution < -0.4 is 0 Å². The summed E-state index contributed by atoms with van der Waals surface area (Å²) in [5.74, 6) is -0.627. The molecular formula is C15H26O6. The summed E-state index contributed by atoms with van der Waals surface area (Å²) in [6.07, 6.45) is 1.33. The van der Waals surface area contributed by atoms with Crippen molar-refractivity contribution < 1.29 is 28.8 Å². The van der Waals surface area contributed by atoms with Gasteiger partial charge in [-0.25, -0.2) is 4.79 Å². The van der Waals surface area contributed by atoms with Crippen LogP contribution in [0.5, 0.6) is 0 Å². The molecule has 0 bridgehead atoms. The van der Waals surface area contributed by atoms with E-state index in [9.17, 15) is 9.90 Å². The fourth-order valence-corrected chi connectivity index (χ4v) is 2.46. The number of hydrogen-bond acceptors (Lipinski definition) is 6. The number of ether oxygens (including phenoxy) is 4. The molecule has 5 unspecified atom stereocenters. The molecule has 2 heterocycles. The molecule has 1 N–H and O–H groups in total. The Kier molecular flexibility index (Phi) is 5.60. The number of rotatable bonds is 7. The van der Waals surface area contributed by atoms with Crippen LogP contribution in [0, 0.1) is 0 Å². The predicted octanol–water partition coefficient (Wildman–Crippen LogP) is 1.04. The first kappa shape index (κ1) is 16.7. The van der Waals surface area contributed by atoms with Gasteiger partial charge in [-0.3, -0.25) is 0 Å². The van der Waals surface area contributed by atoms with Crippen LogP contribution in [0.3, 0.4) is 0 Å². The number of fused-ring (bicyclic) bond motifs is 1. The van der Waals surface area contributed by atoms with Gasteiger partial charge in [0, 0.05) is 6.61 Å². The summed E-state index contributed by atoms with van der Waals surface area (Å²) >= 11 is 0. The van der Waals surface area contributed by atoms with E-state index in [2.05, 4.69) is 6.92 Å². The second-order valence-corrected chi connectivity index (χ2v) is 5.93. The van der Waals surface area contributed by atoms with Crippen LogP contribution in [-0.4, -0.2) is 60.9 Å². The first-order valence-electron chi connectivity index (χ1n) is 7.77. The highest BCUT2D eigenvalue weighted by molar-refractivity contribution is 5.78. The van der Waals surface area contributed by atoms with E-state index in [0.29, 0.717) is 19.6 Å². The average Bonchev–Trinajstić information content (AvgIpc) is 3.03. The van der Waals surface area contributed by atoms with Crippen molar-refractivity contribution in [3.8, 4) is 0 Å². The highest BCUT2D eigenvalue weighted by Crippen LogP contribution is 2.31. The number of carbonyl (C=O) groups excluding carboxylic acids is 1. The molecule has 0 spiro atoms. The Balaban J connectivity index is 1.85. The monoisotopic (exact) mass is 302 g/mol. The van der Waals surface area contributed by atoms with Crippen LogP contribution >= 0.6 is 0 Å². The molecule has 2 aliphatic heterocycles. The zero-order valence-corrected chi connectivity index (χ0v) is 13.0. The normalized spacial score (nSPS) is 34.5. The molecule has 2 saturated heterocycles. The van der Waals surface area contributed by atoms with E-state index in [1.165, 1.54) is 6.92 Å². The first-order chi connectivity index (χ1) is 9.99. The van der Waals surface area contributed by atoms with E-state index >= 15 is 0 Å². The number of hydrogen-bond donors (Lipinski definition) is 1. The van der Waals surface area contributed by atoms with E-state index in [0.717, 1.165) is 12.8 Å². The maximum absolute atomic E-state index is 11.9. The minimum Gasteiger partial charge on any atom is -0.455 e. The van der Waals surface area contributed by atoms with Crippen LogP contribution in [0.4, 0.5) is 0 Å². The third kappa shape index (κ3) is 3.74. The molecule has 5 atom stereocenters. The largest absolute Gasteiger partial charge is 0.455 e. The SMILES string of the molecule is CCCCOC1COC2C(OC(=O)C(C)(O)CC)COC12. The summed E-state index contributed by atoms with van der Waals surface area (Å²) in [5.41, 5.74) is -1.46. The maximum atomic E-state index is 11.9. The Morgan fingerprint density at radius 3 is 2.48 bits per heavy atom. The van der Waals surface area contributed by atoms with Gasteiger partial charge in [0.15, 0.2) is 11.7 Å². The fourth-order valence-electron chi connectivity index (χ4n) is 2.46. The van der Waals surface area contributed by atoms with Gasteiger partial charge >= 0.3 is 5.97 Å². The van der Waals surface area contributed by atoms with Crippen molar-refractivity contribution in [2.75, 3.05) is 19.8 Å². The van der Waals surface area contributed by atoms with Crippen molar-refractivity contribution in [3.63, 3.8) is 0 Å². The van der Waals surface area contributed by atoms with E-state index < -0.39 is 17.7 Å². The second-order valence-electron chi connectivity index (χ2n) is 5.93. The highest BCUT2D eigenvalue weighted by atomic mass is 16.7. The van der Waals surface area contributed by atoms with E-state index in [-0.39, 0.29) is 24.9 Å². The summed E-state index contributed by atoms with van der Waals surface area (Å²) in [6.45, 7) is 6.73. The van der Waals surface area contributed by atoms with Crippen LogP contribution in [0.1, 0.15) is 40.0 Å².